The van der Waals surface area contributed by atoms with Gasteiger partial charge < -0.3 is 15.3 Å². The molecule has 0 aliphatic heterocycles. The predicted octanol–water partition coefficient (Wildman–Crippen LogP) is -0.671. The van der Waals surface area contributed by atoms with Crippen molar-refractivity contribution in [2.75, 3.05) is 0 Å². The van der Waals surface area contributed by atoms with Crippen LogP contribution in [-0.2, 0) is 6.10 Å². The van der Waals surface area contributed by atoms with Crippen LogP contribution in [0.1, 0.15) is 0 Å². The van der Waals surface area contributed by atoms with Gasteiger partial charge in [-0.05, 0) is 15.9 Å². The molecule has 0 saturated heterocycles. The molecule has 0 aliphatic carbocycles. The first-order chi connectivity index (χ1) is 4.93. The Balaban J connectivity index is 3.15. The molecule has 1 aromatic rings. The van der Waals surface area contributed by atoms with Gasteiger partial charge in [0.25, 0.3) is 0 Å². The molecule has 0 fully saturated rings. The van der Waals surface area contributed by atoms with E-state index in [9.17, 15) is 4.39 Å². The van der Waals surface area contributed by atoms with Crippen molar-refractivity contribution in [3.05, 3.63) is 16.6 Å². The topological polar surface area (TPSA) is 78.5 Å². The molecular weight excluding hydrogens is 223 g/mol. The first-order valence-corrected chi connectivity index (χ1v) is 3.29. The highest BCUT2D eigenvalue weighted by Crippen LogP contribution is 2.18. The minimum Gasteiger partial charge on any atom is -0.324 e. The average molecular weight is 227 g/mol. The lowest BCUT2D eigenvalue weighted by atomic mass is 10.7. The Bertz CT molecular complexity index is 269. The lowest BCUT2D eigenvalue weighted by Gasteiger charge is -2.13. The third-order valence-corrected chi connectivity index (χ3v) is 1.67. The first-order valence-electron chi connectivity index (χ1n) is 2.49. The number of hydrogen-bond donors (Lipinski definition) is 3. The Morgan fingerprint density at radius 3 is 2.27 bits per heavy atom. The number of halogens is 2. The number of aliphatic hydroxyl groups is 3. The zero-order valence-electron chi connectivity index (χ0n) is 5.07. The monoisotopic (exact) mass is 226 g/mol. The molecule has 0 spiro atoms. The van der Waals surface area contributed by atoms with E-state index in [1.807, 2.05) is 0 Å². The Morgan fingerprint density at radius 2 is 2.09 bits per heavy atom. The standard InChI is InChI=1S/C4H4BrFN2O3/c5-3-2(6)1-7-8(3)4(9,10)11/h1,9-11H. The second kappa shape index (κ2) is 2.52. The Labute approximate surface area is 68.8 Å². The highest BCUT2D eigenvalue weighted by atomic mass is 79.9. The number of nitrogens with zero attached hydrogens (tertiary/aromatic N) is 2. The van der Waals surface area contributed by atoms with Crippen LogP contribution in [0.5, 0.6) is 0 Å². The van der Waals surface area contributed by atoms with Crippen molar-refractivity contribution in [2.24, 2.45) is 0 Å². The zero-order chi connectivity index (χ0) is 8.65. The molecule has 0 bridgehead atoms. The summed E-state index contributed by atoms with van der Waals surface area (Å²) in [5.74, 6) is -0.800. The fourth-order valence-electron chi connectivity index (χ4n) is 0.523. The molecule has 0 atom stereocenters. The zero-order valence-corrected chi connectivity index (χ0v) is 6.66. The second-order valence-electron chi connectivity index (χ2n) is 1.80. The number of aromatic nitrogens is 2. The molecule has 0 aliphatic rings. The molecule has 0 saturated carbocycles. The normalized spacial score (nSPS) is 12.1. The fourth-order valence-corrected chi connectivity index (χ4v) is 0.955. The van der Waals surface area contributed by atoms with Gasteiger partial charge in [-0.3, -0.25) is 0 Å². The minimum atomic E-state index is -3.18. The van der Waals surface area contributed by atoms with E-state index in [2.05, 4.69) is 21.0 Å². The maximum atomic E-state index is 12.4. The molecule has 3 N–H and O–H groups in total. The van der Waals surface area contributed by atoms with Gasteiger partial charge in [0.2, 0.25) is 0 Å². The molecule has 1 heterocycles. The molecule has 7 heteroatoms. The molecular formula is C4H4BrFN2O3. The molecule has 1 rings (SSSR count). The van der Waals surface area contributed by atoms with Gasteiger partial charge in [-0.1, -0.05) is 0 Å². The van der Waals surface area contributed by atoms with E-state index >= 15 is 0 Å². The molecule has 0 amide bonds. The third kappa shape index (κ3) is 1.56. The van der Waals surface area contributed by atoms with Crippen molar-refractivity contribution in [3.8, 4) is 0 Å². The summed E-state index contributed by atoms with van der Waals surface area (Å²) in [5.41, 5.74) is 0. The van der Waals surface area contributed by atoms with Gasteiger partial charge in [-0.2, -0.15) is 9.78 Å². The smallest absolute Gasteiger partial charge is 0.324 e. The summed E-state index contributed by atoms with van der Waals surface area (Å²) in [6.07, 6.45) is -2.45. The van der Waals surface area contributed by atoms with E-state index in [-0.39, 0.29) is 9.28 Å². The molecule has 0 unspecified atom stereocenters. The predicted molar refractivity (Wildman–Crippen MR) is 34.5 cm³/mol. The van der Waals surface area contributed by atoms with E-state index in [0.717, 1.165) is 6.20 Å². The summed E-state index contributed by atoms with van der Waals surface area (Å²) in [6, 6.07) is 0. The molecule has 1 aromatic heterocycles. The second-order valence-corrected chi connectivity index (χ2v) is 2.55. The van der Waals surface area contributed by atoms with E-state index in [4.69, 9.17) is 15.3 Å². The van der Waals surface area contributed by atoms with Crippen LogP contribution >= 0.6 is 15.9 Å². The van der Waals surface area contributed by atoms with Gasteiger partial charge in [0.05, 0.1) is 6.20 Å². The van der Waals surface area contributed by atoms with Crippen molar-refractivity contribution in [1.29, 1.82) is 0 Å². The van der Waals surface area contributed by atoms with Gasteiger partial charge in [0.15, 0.2) is 5.82 Å². The summed E-state index contributed by atoms with van der Waals surface area (Å²) in [6.45, 7) is 0. The lowest BCUT2D eigenvalue weighted by Crippen LogP contribution is -2.33. The molecule has 11 heavy (non-hydrogen) atoms. The first kappa shape index (κ1) is 8.60. The molecule has 0 aromatic carbocycles. The third-order valence-electron chi connectivity index (χ3n) is 0.954. The molecule has 62 valence electrons. The maximum Gasteiger partial charge on any atom is 0.390 e. The Morgan fingerprint density at radius 1 is 1.55 bits per heavy atom. The van der Waals surface area contributed by atoms with Crippen LogP contribution in [0, 0.1) is 5.82 Å². The van der Waals surface area contributed by atoms with Gasteiger partial charge in [-0.25, -0.2) is 4.39 Å². The van der Waals surface area contributed by atoms with Crippen molar-refractivity contribution in [3.63, 3.8) is 0 Å². The van der Waals surface area contributed by atoms with Gasteiger partial charge in [0, 0.05) is 0 Å². The van der Waals surface area contributed by atoms with Crippen LogP contribution in [0.2, 0.25) is 0 Å². The Hall–Kier alpha value is -0.500. The average Bonchev–Trinajstić information content (AvgIpc) is 2.11. The maximum absolute atomic E-state index is 12.4. The fraction of sp³-hybridized carbons (Fsp3) is 0.250. The number of hydrogen-bond acceptors (Lipinski definition) is 4. The van der Waals surface area contributed by atoms with E-state index in [1.165, 1.54) is 0 Å². The summed E-state index contributed by atoms with van der Waals surface area (Å²) in [4.78, 5) is 0. The lowest BCUT2D eigenvalue weighted by molar-refractivity contribution is -0.382. The highest BCUT2D eigenvalue weighted by Gasteiger charge is 2.26. The van der Waals surface area contributed by atoms with Gasteiger partial charge in [-0.15, -0.1) is 0 Å². The largest absolute Gasteiger partial charge is 0.390 e. The van der Waals surface area contributed by atoms with Crippen LogP contribution in [0.15, 0.2) is 10.8 Å². The van der Waals surface area contributed by atoms with E-state index < -0.39 is 11.9 Å². The minimum absolute atomic E-state index is 0.266. The van der Waals surface area contributed by atoms with Gasteiger partial charge in [0.1, 0.15) is 4.60 Å². The van der Waals surface area contributed by atoms with Crippen molar-refractivity contribution in [2.45, 2.75) is 6.10 Å². The summed E-state index contributed by atoms with van der Waals surface area (Å²) < 4.78 is 12.3. The Kier molecular flexibility index (Phi) is 1.97. The summed E-state index contributed by atoms with van der Waals surface area (Å²) in [7, 11) is 0. The molecule has 0 radical (unpaired) electrons. The quantitative estimate of drug-likeness (QED) is 0.556. The van der Waals surface area contributed by atoms with Crippen molar-refractivity contribution >= 4 is 15.9 Å². The van der Waals surface area contributed by atoms with E-state index in [1.54, 1.807) is 0 Å². The van der Waals surface area contributed by atoms with Crippen LogP contribution in [0.4, 0.5) is 4.39 Å². The summed E-state index contributed by atoms with van der Waals surface area (Å²) in [5, 5.41) is 28.6. The SMILES string of the molecule is OC(O)(O)n1ncc(F)c1Br. The summed E-state index contributed by atoms with van der Waals surface area (Å²) >= 11 is 2.63. The van der Waals surface area contributed by atoms with Crippen LogP contribution in [-0.4, -0.2) is 25.1 Å². The van der Waals surface area contributed by atoms with Gasteiger partial charge >= 0.3 is 6.10 Å². The van der Waals surface area contributed by atoms with Crippen LogP contribution in [0.3, 0.4) is 0 Å². The van der Waals surface area contributed by atoms with Crippen molar-refractivity contribution in [1.82, 2.24) is 9.78 Å². The van der Waals surface area contributed by atoms with Crippen molar-refractivity contribution < 1.29 is 19.7 Å². The van der Waals surface area contributed by atoms with Crippen LogP contribution < -0.4 is 0 Å². The molecule has 5 nitrogen and oxygen atoms in total. The highest BCUT2D eigenvalue weighted by molar-refractivity contribution is 9.10. The van der Waals surface area contributed by atoms with E-state index in [0.29, 0.717) is 0 Å². The van der Waals surface area contributed by atoms with Crippen LogP contribution in [0.25, 0.3) is 0 Å². The number of rotatable bonds is 1.